The molecule has 1 aromatic rings. The average Bonchev–Trinajstić information content (AvgIpc) is 2.42. The van der Waals surface area contributed by atoms with Crippen LogP contribution in [0.15, 0.2) is 29.8 Å². The first-order chi connectivity index (χ1) is 9.10. The van der Waals surface area contributed by atoms with E-state index in [1.165, 1.54) is 13.0 Å². The van der Waals surface area contributed by atoms with Crippen molar-refractivity contribution in [3.05, 3.63) is 41.0 Å². The van der Waals surface area contributed by atoms with Crippen molar-refractivity contribution in [2.75, 3.05) is 6.61 Å². The first kappa shape index (κ1) is 14.7. The average molecular weight is 257 g/mol. The van der Waals surface area contributed by atoms with Gasteiger partial charge in [-0.1, -0.05) is 25.1 Å². The third kappa shape index (κ3) is 4.07. The highest BCUT2D eigenvalue weighted by molar-refractivity contribution is 6.19. The number of carbonyl (C=O) groups is 2. The van der Waals surface area contributed by atoms with Crippen LogP contribution < -0.4 is 0 Å². The molecule has 1 aromatic carbocycles. The quantitative estimate of drug-likeness (QED) is 0.352. The fourth-order valence-electron chi connectivity index (χ4n) is 1.46. The molecule has 0 amide bonds. The zero-order valence-electron chi connectivity index (χ0n) is 11.0. The van der Waals surface area contributed by atoms with Gasteiger partial charge in [0.05, 0.1) is 18.2 Å². The normalized spacial score (nSPS) is 10.7. The molecule has 0 aliphatic heterocycles. The Morgan fingerprint density at radius 3 is 2.63 bits per heavy atom. The van der Waals surface area contributed by atoms with E-state index in [9.17, 15) is 9.59 Å². The Labute approximate surface area is 112 Å². The number of nitriles is 1. The molecule has 0 N–H and O–H groups in total. The number of benzene rings is 1. The molecule has 0 aliphatic carbocycles. The number of Topliss-reactive ketones (excluding diaryl/α,β-unsaturated/α-hetero) is 1. The second kappa shape index (κ2) is 7.12. The molecule has 0 spiro atoms. The van der Waals surface area contributed by atoms with E-state index in [4.69, 9.17) is 10.00 Å². The molecule has 1 rings (SSSR count). The summed E-state index contributed by atoms with van der Waals surface area (Å²) in [6.45, 7) is 3.44. The van der Waals surface area contributed by atoms with Crippen LogP contribution in [0.1, 0.15) is 31.4 Å². The van der Waals surface area contributed by atoms with Crippen molar-refractivity contribution in [3.63, 3.8) is 0 Å². The van der Waals surface area contributed by atoms with Gasteiger partial charge in [-0.15, -0.1) is 0 Å². The molecule has 0 saturated heterocycles. The summed E-state index contributed by atoms with van der Waals surface area (Å²) in [4.78, 5) is 23.3. The van der Waals surface area contributed by atoms with Gasteiger partial charge >= 0.3 is 5.97 Å². The van der Waals surface area contributed by atoms with Gasteiger partial charge in [0.1, 0.15) is 5.57 Å². The van der Waals surface area contributed by atoms with Gasteiger partial charge in [-0.3, -0.25) is 4.79 Å². The summed E-state index contributed by atoms with van der Waals surface area (Å²) < 4.78 is 4.95. The summed E-state index contributed by atoms with van der Waals surface area (Å²) >= 11 is 0. The van der Waals surface area contributed by atoms with Gasteiger partial charge in [-0.2, -0.15) is 5.26 Å². The maximum atomic E-state index is 11.8. The Balaban J connectivity index is 3.12. The number of hydrogen-bond donors (Lipinski definition) is 0. The minimum absolute atomic E-state index is 0.0452. The van der Waals surface area contributed by atoms with E-state index in [1.54, 1.807) is 24.3 Å². The van der Waals surface area contributed by atoms with Gasteiger partial charge < -0.3 is 4.74 Å². The largest absolute Gasteiger partial charge is 0.462 e. The van der Waals surface area contributed by atoms with Crippen LogP contribution in [0.4, 0.5) is 0 Å². The number of ether oxygens (including phenoxy) is 1. The standard InChI is InChI=1S/C15H15NO3/c1-3-8-19-15(18)14(11(2)17)9-12-6-4-5-7-13(12)10-16/h4-7,9H,3,8H2,1-2H3/b14-9-. The second-order valence-corrected chi connectivity index (χ2v) is 3.95. The third-order valence-corrected chi connectivity index (χ3v) is 2.42. The van der Waals surface area contributed by atoms with Crippen LogP contribution in [0.3, 0.4) is 0 Å². The first-order valence-corrected chi connectivity index (χ1v) is 5.99. The number of carbonyl (C=O) groups excluding carboxylic acids is 2. The molecular formula is C15H15NO3. The highest BCUT2D eigenvalue weighted by atomic mass is 16.5. The van der Waals surface area contributed by atoms with Gasteiger partial charge in [0.15, 0.2) is 5.78 Å². The lowest BCUT2D eigenvalue weighted by Crippen LogP contribution is -2.14. The molecule has 0 bridgehead atoms. The fraction of sp³-hybridized carbons (Fsp3) is 0.267. The van der Waals surface area contributed by atoms with E-state index in [1.807, 2.05) is 13.0 Å². The molecule has 0 radical (unpaired) electrons. The van der Waals surface area contributed by atoms with Gasteiger partial charge in [0, 0.05) is 0 Å². The van der Waals surface area contributed by atoms with Crippen LogP contribution in [0.25, 0.3) is 6.08 Å². The lowest BCUT2D eigenvalue weighted by molar-refractivity contribution is -0.140. The van der Waals surface area contributed by atoms with E-state index < -0.39 is 5.97 Å². The minimum Gasteiger partial charge on any atom is -0.462 e. The minimum atomic E-state index is -0.651. The molecule has 0 fully saturated rings. The van der Waals surface area contributed by atoms with Crippen LogP contribution >= 0.6 is 0 Å². The molecule has 98 valence electrons. The summed E-state index contributed by atoms with van der Waals surface area (Å²) in [5.74, 6) is -1.03. The highest BCUT2D eigenvalue weighted by Gasteiger charge is 2.16. The van der Waals surface area contributed by atoms with Crippen LogP contribution in [-0.4, -0.2) is 18.4 Å². The van der Waals surface area contributed by atoms with Crippen molar-refractivity contribution in [1.82, 2.24) is 0 Å². The molecule has 19 heavy (non-hydrogen) atoms. The van der Waals surface area contributed by atoms with Crippen molar-refractivity contribution in [1.29, 1.82) is 5.26 Å². The maximum absolute atomic E-state index is 11.8. The van der Waals surface area contributed by atoms with Crippen molar-refractivity contribution in [3.8, 4) is 6.07 Å². The lowest BCUT2D eigenvalue weighted by atomic mass is 10.0. The molecule has 0 aromatic heterocycles. The van der Waals surface area contributed by atoms with Gasteiger partial charge in [-0.05, 0) is 31.1 Å². The van der Waals surface area contributed by atoms with Gasteiger partial charge in [-0.25, -0.2) is 4.79 Å². The number of rotatable bonds is 5. The Morgan fingerprint density at radius 1 is 1.37 bits per heavy atom. The summed E-state index contributed by atoms with van der Waals surface area (Å²) in [6, 6.07) is 8.77. The zero-order chi connectivity index (χ0) is 14.3. The number of nitrogens with zero attached hydrogens (tertiary/aromatic N) is 1. The predicted octanol–water partition coefficient (Wildman–Crippen LogP) is 2.48. The Kier molecular flexibility index (Phi) is 5.49. The molecule has 0 heterocycles. The van der Waals surface area contributed by atoms with Gasteiger partial charge in [0.25, 0.3) is 0 Å². The van der Waals surface area contributed by atoms with Crippen LogP contribution in [0, 0.1) is 11.3 Å². The van der Waals surface area contributed by atoms with Gasteiger partial charge in [0.2, 0.25) is 0 Å². The molecule has 0 aliphatic rings. The summed E-state index contributed by atoms with van der Waals surface area (Å²) in [7, 11) is 0. The van der Waals surface area contributed by atoms with Crippen LogP contribution in [-0.2, 0) is 14.3 Å². The molecule has 0 unspecified atom stereocenters. The topological polar surface area (TPSA) is 67.2 Å². The van der Waals surface area contributed by atoms with Crippen molar-refractivity contribution in [2.45, 2.75) is 20.3 Å². The van der Waals surface area contributed by atoms with Crippen LogP contribution in [0.2, 0.25) is 0 Å². The summed E-state index contributed by atoms with van der Waals surface area (Å²) in [5, 5.41) is 8.97. The lowest BCUT2D eigenvalue weighted by Gasteiger charge is -2.05. The fourth-order valence-corrected chi connectivity index (χ4v) is 1.46. The summed E-state index contributed by atoms with van der Waals surface area (Å²) in [6.07, 6.45) is 2.09. The maximum Gasteiger partial charge on any atom is 0.341 e. The number of hydrogen-bond acceptors (Lipinski definition) is 4. The highest BCUT2D eigenvalue weighted by Crippen LogP contribution is 2.14. The summed E-state index contributed by atoms with van der Waals surface area (Å²) in [5.41, 5.74) is 0.893. The van der Waals surface area contributed by atoms with E-state index >= 15 is 0 Å². The van der Waals surface area contributed by atoms with E-state index in [-0.39, 0.29) is 18.0 Å². The predicted molar refractivity (Wildman–Crippen MR) is 71.1 cm³/mol. The Hall–Kier alpha value is -2.41. The zero-order valence-corrected chi connectivity index (χ0v) is 11.0. The van der Waals surface area contributed by atoms with Crippen molar-refractivity contribution in [2.24, 2.45) is 0 Å². The molecule has 4 heteroatoms. The van der Waals surface area contributed by atoms with E-state index in [0.29, 0.717) is 17.5 Å². The molecule has 4 nitrogen and oxygen atoms in total. The first-order valence-electron chi connectivity index (χ1n) is 5.99. The monoisotopic (exact) mass is 257 g/mol. The number of ketones is 1. The van der Waals surface area contributed by atoms with Crippen LogP contribution in [0.5, 0.6) is 0 Å². The Morgan fingerprint density at radius 2 is 2.05 bits per heavy atom. The third-order valence-electron chi connectivity index (χ3n) is 2.42. The van der Waals surface area contributed by atoms with E-state index in [2.05, 4.69) is 0 Å². The van der Waals surface area contributed by atoms with E-state index in [0.717, 1.165) is 0 Å². The molecule has 0 atom stereocenters. The molecular weight excluding hydrogens is 242 g/mol. The SMILES string of the molecule is CCCOC(=O)/C(=C\c1ccccc1C#N)C(C)=O. The Bertz CT molecular complexity index is 553. The molecule has 0 saturated carbocycles. The smallest absolute Gasteiger partial charge is 0.341 e. The second-order valence-electron chi connectivity index (χ2n) is 3.95. The van der Waals surface area contributed by atoms with Crippen molar-refractivity contribution >= 4 is 17.8 Å². The van der Waals surface area contributed by atoms with Crippen molar-refractivity contribution < 1.29 is 14.3 Å². The number of esters is 1.